The van der Waals surface area contributed by atoms with E-state index in [9.17, 15) is 5.26 Å². The van der Waals surface area contributed by atoms with E-state index in [1.807, 2.05) is 7.05 Å². The molecule has 0 radical (unpaired) electrons. The SMILES string of the molecule is CNC1(C#N)CCCC(N2CCCCC2C)C1. The maximum atomic E-state index is 9.39. The highest BCUT2D eigenvalue weighted by molar-refractivity contribution is 5.10. The summed E-state index contributed by atoms with van der Waals surface area (Å²) >= 11 is 0. The normalized spacial score (nSPS) is 39.8. The molecule has 3 unspecified atom stereocenters. The Balaban J connectivity index is 2.04. The van der Waals surface area contributed by atoms with E-state index in [0.717, 1.165) is 12.8 Å². The summed E-state index contributed by atoms with van der Waals surface area (Å²) in [6.45, 7) is 3.58. The van der Waals surface area contributed by atoms with Crippen LogP contribution in [0.5, 0.6) is 0 Å². The first-order valence-corrected chi connectivity index (χ1v) is 7.07. The molecule has 0 aromatic heterocycles. The number of likely N-dealkylation sites (tertiary alicyclic amines) is 1. The van der Waals surface area contributed by atoms with Crippen LogP contribution in [0.3, 0.4) is 0 Å². The molecule has 2 aliphatic rings. The summed E-state index contributed by atoms with van der Waals surface area (Å²) in [5.41, 5.74) is -0.264. The zero-order valence-corrected chi connectivity index (χ0v) is 11.2. The van der Waals surface area contributed by atoms with Crippen LogP contribution in [0.2, 0.25) is 0 Å². The van der Waals surface area contributed by atoms with E-state index >= 15 is 0 Å². The quantitative estimate of drug-likeness (QED) is 0.798. The number of nitrogens with zero attached hydrogens (tertiary/aromatic N) is 2. The van der Waals surface area contributed by atoms with E-state index in [4.69, 9.17) is 0 Å². The van der Waals surface area contributed by atoms with E-state index in [-0.39, 0.29) is 5.54 Å². The minimum Gasteiger partial charge on any atom is -0.302 e. The molecule has 0 aromatic carbocycles. The maximum Gasteiger partial charge on any atom is 0.108 e. The average molecular weight is 235 g/mol. The number of hydrogen-bond acceptors (Lipinski definition) is 3. The van der Waals surface area contributed by atoms with Crippen LogP contribution in [0.15, 0.2) is 0 Å². The molecule has 3 atom stereocenters. The fraction of sp³-hybridized carbons (Fsp3) is 0.929. The first-order valence-electron chi connectivity index (χ1n) is 7.07. The Bertz CT molecular complexity index is 296. The number of hydrogen-bond donors (Lipinski definition) is 1. The van der Waals surface area contributed by atoms with E-state index < -0.39 is 0 Å². The molecule has 3 heteroatoms. The average Bonchev–Trinajstić information content (AvgIpc) is 2.39. The maximum absolute atomic E-state index is 9.39. The van der Waals surface area contributed by atoms with Gasteiger partial charge in [-0.1, -0.05) is 6.42 Å². The zero-order valence-electron chi connectivity index (χ0n) is 11.2. The molecule has 0 amide bonds. The molecule has 1 N–H and O–H groups in total. The molecular formula is C14H25N3. The second-order valence-electron chi connectivity index (χ2n) is 5.78. The van der Waals surface area contributed by atoms with Crippen LogP contribution in [-0.2, 0) is 0 Å². The number of piperidine rings is 1. The molecule has 1 aliphatic heterocycles. The predicted octanol–water partition coefficient (Wildman–Crippen LogP) is 2.29. The lowest BCUT2D eigenvalue weighted by molar-refractivity contribution is 0.0631. The number of nitrogens with one attached hydrogen (secondary N) is 1. The smallest absolute Gasteiger partial charge is 0.108 e. The van der Waals surface area contributed by atoms with Gasteiger partial charge in [0.15, 0.2) is 0 Å². The lowest BCUT2D eigenvalue weighted by atomic mass is 9.78. The van der Waals surface area contributed by atoms with E-state index in [0.29, 0.717) is 12.1 Å². The highest BCUT2D eigenvalue weighted by Gasteiger charge is 2.38. The fourth-order valence-electron chi connectivity index (χ4n) is 3.58. The summed E-state index contributed by atoms with van der Waals surface area (Å²) in [6.07, 6.45) is 8.51. The summed E-state index contributed by atoms with van der Waals surface area (Å²) in [5, 5.41) is 12.7. The molecule has 17 heavy (non-hydrogen) atoms. The molecule has 1 aliphatic carbocycles. The van der Waals surface area contributed by atoms with Gasteiger partial charge in [0.05, 0.1) is 6.07 Å². The molecule has 0 spiro atoms. The zero-order chi connectivity index (χ0) is 12.3. The van der Waals surface area contributed by atoms with E-state index in [1.165, 1.54) is 38.6 Å². The van der Waals surface area contributed by atoms with Gasteiger partial charge >= 0.3 is 0 Å². The monoisotopic (exact) mass is 235 g/mol. The third-order valence-corrected chi connectivity index (χ3v) is 4.74. The largest absolute Gasteiger partial charge is 0.302 e. The van der Waals surface area contributed by atoms with Gasteiger partial charge < -0.3 is 5.32 Å². The van der Waals surface area contributed by atoms with Crippen LogP contribution in [0.25, 0.3) is 0 Å². The number of rotatable bonds is 2. The van der Waals surface area contributed by atoms with E-state index in [2.05, 4.69) is 23.2 Å². The van der Waals surface area contributed by atoms with Crippen molar-refractivity contribution < 1.29 is 0 Å². The van der Waals surface area contributed by atoms with Crippen molar-refractivity contribution in [1.82, 2.24) is 10.2 Å². The molecule has 0 aromatic rings. The summed E-state index contributed by atoms with van der Waals surface area (Å²) in [7, 11) is 1.94. The molecule has 96 valence electrons. The van der Waals surface area contributed by atoms with Crippen LogP contribution in [0.4, 0.5) is 0 Å². The number of nitriles is 1. The third kappa shape index (κ3) is 2.64. The van der Waals surface area contributed by atoms with Gasteiger partial charge in [0.25, 0.3) is 0 Å². The van der Waals surface area contributed by atoms with Gasteiger partial charge in [-0.3, -0.25) is 4.90 Å². The molecule has 1 saturated carbocycles. The van der Waals surface area contributed by atoms with Crippen LogP contribution in [0, 0.1) is 11.3 Å². The van der Waals surface area contributed by atoms with Crippen LogP contribution in [-0.4, -0.2) is 36.1 Å². The highest BCUT2D eigenvalue weighted by Crippen LogP contribution is 2.33. The minimum atomic E-state index is -0.264. The molecule has 0 bridgehead atoms. The second kappa shape index (κ2) is 5.37. The first kappa shape index (κ1) is 12.9. The van der Waals surface area contributed by atoms with Crippen molar-refractivity contribution in [2.75, 3.05) is 13.6 Å². The van der Waals surface area contributed by atoms with Crippen LogP contribution in [0.1, 0.15) is 51.9 Å². The van der Waals surface area contributed by atoms with Crippen molar-refractivity contribution in [2.45, 2.75) is 69.5 Å². The summed E-state index contributed by atoms with van der Waals surface area (Å²) in [5.74, 6) is 0. The van der Waals surface area contributed by atoms with Gasteiger partial charge in [-0.2, -0.15) is 5.26 Å². The summed E-state index contributed by atoms with van der Waals surface area (Å²) < 4.78 is 0. The Hall–Kier alpha value is -0.590. The van der Waals surface area contributed by atoms with Gasteiger partial charge in [-0.05, 0) is 59.0 Å². The Kier molecular flexibility index (Phi) is 4.06. The van der Waals surface area contributed by atoms with Gasteiger partial charge in [0.1, 0.15) is 5.54 Å². The summed E-state index contributed by atoms with van der Waals surface area (Å²) in [4.78, 5) is 2.66. The Morgan fingerprint density at radius 2 is 2.12 bits per heavy atom. The van der Waals surface area contributed by atoms with Gasteiger partial charge in [-0.25, -0.2) is 0 Å². The van der Waals surface area contributed by atoms with Gasteiger partial charge in [0, 0.05) is 12.1 Å². The lowest BCUT2D eigenvalue weighted by Gasteiger charge is -2.45. The van der Waals surface area contributed by atoms with Crippen molar-refractivity contribution in [3.05, 3.63) is 0 Å². The van der Waals surface area contributed by atoms with Crippen LogP contribution >= 0.6 is 0 Å². The summed E-state index contributed by atoms with van der Waals surface area (Å²) in [6, 6.07) is 3.84. The fourth-order valence-corrected chi connectivity index (χ4v) is 3.58. The lowest BCUT2D eigenvalue weighted by Crippen LogP contribution is -2.54. The molecule has 1 saturated heterocycles. The highest BCUT2D eigenvalue weighted by atomic mass is 15.2. The topological polar surface area (TPSA) is 39.1 Å². The van der Waals surface area contributed by atoms with Gasteiger partial charge in [-0.15, -0.1) is 0 Å². The van der Waals surface area contributed by atoms with Crippen molar-refractivity contribution >= 4 is 0 Å². The molecule has 3 nitrogen and oxygen atoms in total. The first-order chi connectivity index (χ1) is 8.21. The Morgan fingerprint density at radius 1 is 1.29 bits per heavy atom. The Labute approximate surface area is 105 Å². The molecule has 1 heterocycles. The van der Waals surface area contributed by atoms with Gasteiger partial charge in [0.2, 0.25) is 0 Å². The van der Waals surface area contributed by atoms with Crippen molar-refractivity contribution in [3.8, 4) is 6.07 Å². The molecule has 2 rings (SSSR count). The van der Waals surface area contributed by atoms with Crippen molar-refractivity contribution in [2.24, 2.45) is 0 Å². The van der Waals surface area contributed by atoms with E-state index in [1.54, 1.807) is 0 Å². The van der Waals surface area contributed by atoms with Crippen molar-refractivity contribution in [1.29, 1.82) is 5.26 Å². The second-order valence-corrected chi connectivity index (χ2v) is 5.78. The van der Waals surface area contributed by atoms with Crippen molar-refractivity contribution in [3.63, 3.8) is 0 Å². The minimum absolute atomic E-state index is 0.264. The molecular weight excluding hydrogens is 210 g/mol. The Morgan fingerprint density at radius 3 is 2.76 bits per heavy atom. The van der Waals surface area contributed by atoms with Crippen LogP contribution < -0.4 is 5.32 Å². The predicted molar refractivity (Wildman–Crippen MR) is 69.7 cm³/mol. The molecule has 2 fully saturated rings. The standard InChI is InChI=1S/C14H25N3/c1-12-6-3-4-9-17(12)13-7-5-8-14(10-13,11-15)16-2/h12-13,16H,3-10H2,1-2H3. The third-order valence-electron chi connectivity index (χ3n) is 4.74.